The molecule has 0 fully saturated rings. The lowest BCUT2D eigenvalue weighted by atomic mass is 10.2. The van der Waals surface area contributed by atoms with Gasteiger partial charge in [0.05, 0.1) is 15.7 Å². The molecule has 0 spiro atoms. The van der Waals surface area contributed by atoms with E-state index in [-0.39, 0.29) is 0 Å². The van der Waals surface area contributed by atoms with Crippen LogP contribution in [0.15, 0.2) is 23.6 Å². The molecular formula is C12H11BrClNOS. The van der Waals surface area contributed by atoms with Gasteiger partial charge in [0.15, 0.2) is 0 Å². The summed E-state index contributed by atoms with van der Waals surface area (Å²) in [6.07, 6.45) is 0. The summed E-state index contributed by atoms with van der Waals surface area (Å²) in [5.74, 6) is 0.733. The Labute approximate surface area is 118 Å². The quantitative estimate of drug-likeness (QED) is 0.765. The summed E-state index contributed by atoms with van der Waals surface area (Å²) in [5.41, 5.74) is 1.98. The van der Waals surface area contributed by atoms with Crippen molar-refractivity contribution in [2.75, 3.05) is 0 Å². The number of thiazole rings is 1. The monoisotopic (exact) mass is 331 g/mol. The zero-order chi connectivity index (χ0) is 12.3. The summed E-state index contributed by atoms with van der Waals surface area (Å²) < 4.78 is 5.74. The van der Waals surface area contributed by atoms with Gasteiger partial charge in [-0.2, -0.15) is 0 Å². The molecule has 2 nitrogen and oxygen atoms in total. The zero-order valence-electron chi connectivity index (χ0n) is 9.24. The van der Waals surface area contributed by atoms with E-state index in [0.29, 0.717) is 11.6 Å². The van der Waals surface area contributed by atoms with E-state index in [9.17, 15) is 0 Å². The van der Waals surface area contributed by atoms with Gasteiger partial charge < -0.3 is 4.74 Å². The standard InChI is InChI=1S/C12H11BrClNOS/c1-8-15-10(7-17-8)6-16-12-9(5-13)3-2-4-11(12)14/h2-4,7H,5-6H2,1H3. The van der Waals surface area contributed by atoms with Gasteiger partial charge in [-0.25, -0.2) is 4.98 Å². The molecule has 0 saturated heterocycles. The van der Waals surface area contributed by atoms with E-state index < -0.39 is 0 Å². The average Bonchev–Trinajstić information content (AvgIpc) is 2.73. The van der Waals surface area contributed by atoms with Crippen molar-refractivity contribution < 1.29 is 4.74 Å². The SMILES string of the molecule is Cc1nc(COc2c(Cl)cccc2CBr)cs1. The largest absolute Gasteiger partial charge is 0.485 e. The third-order valence-electron chi connectivity index (χ3n) is 2.22. The van der Waals surface area contributed by atoms with Crippen LogP contribution in [0.5, 0.6) is 5.75 Å². The van der Waals surface area contributed by atoms with Gasteiger partial charge in [-0.15, -0.1) is 11.3 Å². The second-order valence-corrected chi connectivity index (χ2v) is 5.54. The highest BCUT2D eigenvalue weighted by Gasteiger charge is 2.08. The highest BCUT2D eigenvalue weighted by molar-refractivity contribution is 9.08. The number of aryl methyl sites for hydroxylation is 1. The number of alkyl halides is 1. The molecule has 0 N–H and O–H groups in total. The molecule has 0 saturated carbocycles. The van der Waals surface area contributed by atoms with Crippen molar-refractivity contribution in [1.29, 1.82) is 0 Å². The second-order valence-electron chi connectivity index (χ2n) is 3.51. The maximum atomic E-state index is 6.12. The summed E-state index contributed by atoms with van der Waals surface area (Å²) in [5, 5.41) is 4.40. The minimum atomic E-state index is 0.452. The van der Waals surface area contributed by atoms with E-state index in [1.54, 1.807) is 11.3 Å². The molecular weight excluding hydrogens is 322 g/mol. The molecule has 90 valence electrons. The molecule has 0 aliphatic carbocycles. The van der Waals surface area contributed by atoms with E-state index in [2.05, 4.69) is 20.9 Å². The van der Waals surface area contributed by atoms with Gasteiger partial charge in [-0.3, -0.25) is 0 Å². The lowest BCUT2D eigenvalue weighted by molar-refractivity contribution is 0.300. The van der Waals surface area contributed by atoms with Gasteiger partial charge in [-0.1, -0.05) is 39.7 Å². The Hall–Kier alpha value is -0.580. The number of ether oxygens (including phenoxy) is 1. The molecule has 2 aromatic rings. The topological polar surface area (TPSA) is 22.1 Å². The van der Waals surface area contributed by atoms with Gasteiger partial charge >= 0.3 is 0 Å². The number of hydrogen-bond acceptors (Lipinski definition) is 3. The Bertz CT molecular complexity index is 515. The van der Waals surface area contributed by atoms with E-state index in [1.165, 1.54) is 0 Å². The number of aromatic nitrogens is 1. The van der Waals surface area contributed by atoms with Crippen molar-refractivity contribution in [3.8, 4) is 5.75 Å². The van der Waals surface area contributed by atoms with E-state index >= 15 is 0 Å². The van der Waals surface area contributed by atoms with Crippen LogP contribution in [-0.2, 0) is 11.9 Å². The number of para-hydroxylation sites is 1. The maximum Gasteiger partial charge on any atom is 0.142 e. The maximum absolute atomic E-state index is 6.12. The molecule has 0 atom stereocenters. The number of rotatable bonds is 4. The molecule has 1 aromatic carbocycles. The molecule has 1 heterocycles. The molecule has 0 aliphatic heterocycles. The van der Waals surface area contributed by atoms with E-state index in [1.807, 2.05) is 30.5 Å². The number of nitrogens with zero attached hydrogens (tertiary/aromatic N) is 1. The van der Waals surface area contributed by atoms with Crippen LogP contribution in [0.1, 0.15) is 16.3 Å². The van der Waals surface area contributed by atoms with Crippen molar-refractivity contribution in [1.82, 2.24) is 4.98 Å². The molecule has 5 heteroatoms. The molecule has 0 bridgehead atoms. The Morgan fingerprint density at radius 3 is 2.94 bits per heavy atom. The Morgan fingerprint density at radius 1 is 1.47 bits per heavy atom. The number of benzene rings is 1. The van der Waals surface area contributed by atoms with Crippen molar-refractivity contribution >= 4 is 38.9 Å². The lowest BCUT2D eigenvalue weighted by Crippen LogP contribution is -1.99. The van der Waals surface area contributed by atoms with E-state index in [0.717, 1.165) is 27.3 Å². The first-order valence-corrected chi connectivity index (χ1v) is 7.45. The minimum Gasteiger partial charge on any atom is -0.485 e. The summed E-state index contributed by atoms with van der Waals surface area (Å²) >= 11 is 11.2. The van der Waals surface area contributed by atoms with Crippen LogP contribution in [0, 0.1) is 6.92 Å². The van der Waals surface area contributed by atoms with Crippen LogP contribution < -0.4 is 4.74 Å². The van der Waals surface area contributed by atoms with Gasteiger partial charge in [0.25, 0.3) is 0 Å². The number of hydrogen-bond donors (Lipinski definition) is 0. The molecule has 2 rings (SSSR count). The smallest absolute Gasteiger partial charge is 0.142 e. The first-order valence-electron chi connectivity index (χ1n) is 5.08. The van der Waals surface area contributed by atoms with Crippen molar-refractivity contribution in [3.63, 3.8) is 0 Å². The molecule has 0 unspecified atom stereocenters. The Kier molecular flexibility index (Phi) is 4.42. The Morgan fingerprint density at radius 2 is 2.29 bits per heavy atom. The normalized spacial score (nSPS) is 10.5. The minimum absolute atomic E-state index is 0.452. The fourth-order valence-electron chi connectivity index (χ4n) is 1.44. The zero-order valence-corrected chi connectivity index (χ0v) is 12.4. The van der Waals surface area contributed by atoms with Gasteiger partial charge in [0.1, 0.15) is 12.4 Å². The van der Waals surface area contributed by atoms with Crippen LogP contribution in [0.25, 0.3) is 0 Å². The highest BCUT2D eigenvalue weighted by Crippen LogP contribution is 2.30. The third kappa shape index (κ3) is 3.21. The molecule has 0 aliphatic rings. The number of halogens is 2. The predicted octanol–water partition coefficient (Wildman–Crippen LogP) is 4.58. The molecule has 17 heavy (non-hydrogen) atoms. The summed E-state index contributed by atoms with van der Waals surface area (Å²) in [7, 11) is 0. The fraction of sp³-hybridized carbons (Fsp3) is 0.250. The first-order chi connectivity index (χ1) is 8.20. The van der Waals surface area contributed by atoms with Crippen LogP contribution in [0.3, 0.4) is 0 Å². The van der Waals surface area contributed by atoms with Crippen LogP contribution in [0.4, 0.5) is 0 Å². The van der Waals surface area contributed by atoms with Gasteiger partial charge in [0, 0.05) is 16.3 Å². The summed E-state index contributed by atoms with van der Waals surface area (Å²) in [4.78, 5) is 4.35. The predicted molar refractivity (Wildman–Crippen MR) is 75.3 cm³/mol. The van der Waals surface area contributed by atoms with Crippen molar-refractivity contribution in [2.45, 2.75) is 18.9 Å². The van der Waals surface area contributed by atoms with Crippen LogP contribution in [0.2, 0.25) is 5.02 Å². The van der Waals surface area contributed by atoms with Crippen molar-refractivity contribution in [3.05, 3.63) is 44.9 Å². The molecule has 0 radical (unpaired) electrons. The highest BCUT2D eigenvalue weighted by atomic mass is 79.9. The molecule has 1 aromatic heterocycles. The van der Waals surface area contributed by atoms with Crippen LogP contribution >= 0.6 is 38.9 Å². The Balaban J connectivity index is 2.13. The van der Waals surface area contributed by atoms with Gasteiger partial charge in [0.2, 0.25) is 0 Å². The van der Waals surface area contributed by atoms with E-state index in [4.69, 9.17) is 16.3 Å². The third-order valence-corrected chi connectivity index (χ3v) is 3.95. The summed E-state index contributed by atoms with van der Waals surface area (Å²) in [6.45, 7) is 2.43. The second kappa shape index (κ2) is 5.85. The fourth-order valence-corrected chi connectivity index (χ4v) is 2.73. The van der Waals surface area contributed by atoms with Crippen molar-refractivity contribution in [2.24, 2.45) is 0 Å². The average molecular weight is 333 g/mol. The lowest BCUT2D eigenvalue weighted by Gasteiger charge is -2.10. The summed E-state index contributed by atoms with van der Waals surface area (Å²) in [6, 6.07) is 5.73. The van der Waals surface area contributed by atoms with Crippen LogP contribution in [-0.4, -0.2) is 4.98 Å². The van der Waals surface area contributed by atoms with Gasteiger partial charge in [-0.05, 0) is 13.0 Å². The molecule has 0 amide bonds. The first kappa shape index (κ1) is 12.9.